The molecule has 404 valence electrons. The molecular formula is C81H48N4S2. The molecule has 0 aliphatic heterocycles. The third-order valence-electron chi connectivity index (χ3n) is 17.6. The van der Waals surface area contributed by atoms with Gasteiger partial charge in [0.15, 0.2) is 11.6 Å². The van der Waals surface area contributed by atoms with E-state index in [9.17, 15) is 0 Å². The summed E-state index contributed by atoms with van der Waals surface area (Å²) >= 11 is 3.73. The summed E-state index contributed by atoms with van der Waals surface area (Å²) in [7, 11) is 0. The smallest absolute Gasteiger partial charge is 0.238 e. The highest BCUT2D eigenvalue weighted by Crippen LogP contribution is 2.45. The van der Waals surface area contributed by atoms with Gasteiger partial charge in [-0.1, -0.05) is 237 Å². The van der Waals surface area contributed by atoms with Crippen LogP contribution in [0.25, 0.3) is 179 Å². The highest BCUT2D eigenvalue weighted by Gasteiger charge is 2.21. The number of thiophene rings is 2. The van der Waals surface area contributed by atoms with E-state index in [1.165, 1.54) is 106 Å². The monoisotopic (exact) mass is 1140 g/mol. The van der Waals surface area contributed by atoms with E-state index in [2.05, 4.69) is 278 Å². The first-order valence-electron chi connectivity index (χ1n) is 29.5. The van der Waals surface area contributed by atoms with Crippen molar-refractivity contribution in [3.63, 3.8) is 0 Å². The van der Waals surface area contributed by atoms with E-state index in [0.29, 0.717) is 17.6 Å². The van der Waals surface area contributed by atoms with Crippen molar-refractivity contribution in [2.45, 2.75) is 0 Å². The summed E-state index contributed by atoms with van der Waals surface area (Å²) in [5.41, 5.74) is 15.6. The third-order valence-corrected chi connectivity index (χ3v) is 20.1. The topological polar surface area (TPSA) is 43.6 Å². The summed E-state index contributed by atoms with van der Waals surface area (Å²) in [6.07, 6.45) is 0. The summed E-state index contributed by atoms with van der Waals surface area (Å²) in [5.74, 6) is 1.77. The first-order valence-corrected chi connectivity index (χ1v) is 31.1. The first-order chi connectivity index (χ1) is 43.1. The van der Waals surface area contributed by atoms with Crippen molar-refractivity contribution < 1.29 is 0 Å². The summed E-state index contributed by atoms with van der Waals surface area (Å²) in [6.45, 7) is 0. The molecule has 18 aromatic rings. The zero-order valence-corrected chi connectivity index (χ0v) is 48.5. The van der Waals surface area contributed by atoms with Crippen molar-refractivity contribution in [2.24, 2.45) is 0 Å². The van der Waals surface area contributed by atoms with Crippen molar-refractivity contribution in [3.05, 3.63) is 291 Å². The van der Waals surface area contributed by atoms with Crippen LogP contribution >= 0.6 is 22.7 Å². The molecule has 4 aromatic heterocycles. The second kappa shape index (κ2) is 19.9. The largest absolute Gasteiger partial charge is 0.278 e. The highest BCUT2D eigenvalue weighted by atomic mass is 32.1. The Morgan fingerprint density at radius 1 is 0.218 bits per heavy atom. The molecule has 4 heterocycles. The Morgan fingerprint density at radius 3 is 1.28 bits per heavy atom. The first kappa shape index (κ1) is 49.5. The number of para-hydroxylation sites is 1. The summed E-state index contributed by atoms with van der Waals surface area (Å²) in [5, 5.41) is 15.1. The van der Waals surface area contributed by atoms with Crippen LogP contribution < -0.4 is 0 Å². The van der Waals surface area contributed by atoms with Gasteiger partial charge in [-0.25, -0.2) is 4.98 Å². The van der Waals surface area contributed by atoms with Gasteiger partial charge >= 0.3 is 0 Å². The predicted octanol–water partition coefficient (Wildman–Crippen LogP) is 22.8. The van der Waals surface area contributed by atoms with Gasteiger partial charge in [0.25, 0.3) is 0 Å². The molecule has 87 heavy (non-hydrogen) atoms. The standard InChI is InChI=1S/C81H48N4S2/c1-2-17-49(18-3-1)79-82-80(84-81(83-79)85-73-35-10-8-29-66(73)67-41-38-55(48-74(67)85)51-20-13-23-57(44-51)59-31-15-33-69-68-30-9-11-36-75(68)86-77(59)69)58-24-14-21-52(45-58)54-39-42-76-72(47-54)70-34-16-32-60(78(70)87-76)56-22-12-19-50(43-56)53-37-40-65-63-27-5-4-25-61(63)62-26-6-7-28-64(62)71(65)46-53/h1-48H. The van der Waals surface area contributed by atoms with Crippen molar-refractivity contribution in [2.75, 3.05) is 0 Å². The maximum atomic E-state index is 5.44. The normalized spacial score (nSPS) is 11.9. The molecule has 18 rings (SSSR count). The SMILES string of the molecule is c1ccc(-c2nc(-c3cccc(-c4ccc5sc6c(-c7cccc(-c8ccc9c%10ccccc%10c%10ccccc%10c9c8)c7)cccc6c5c4)c3)nc(-n3c4ccccc4c4ccc(-c5cccc(-c6cccc7c6sc6ccccc67)c5)cc43)n2)cc1. The lowest BCUT2D eigenvalue weighted by molar-refractivity contribution is 0.953. The number of fused-ring (bicyclic) bond motifs is 15. The summed E-state index contributed by atoms with van der Waals surface area (Å²) in [6, 6.07) is 106. The molecule has 14 aromatic carbocycles. The average molecular weight is 1140 g/mol. The van der Waals surface area contributed by atoms with Crippen LogP contribution in [0.2, 0.25) is 0 Å². The van der Waals surface area contributed by atoms with Crippen molar-refractivity contribution in [3.8, 4) is 84.4 Å². The molecule has 0 saturated heterocycles. The zero-order valence-electron chi connectivity index (χ0n) is 46.8. The van der Waals surface area contributed by atoms with Crippen LogP contribution in [0.4, 0.5) is 0 Å². The van der Waals surface area contributed by atoms with Gasteiger partial charge in [-0.2, -0.15) is 9.97 Å². The predicted molar refractivity (Wildman–Crippen MR) is 371 cm³/mol. The van der Waals surface area contributed by atoms with Crippen LogP contribution in [0.5, 0.6) is 0 Å². The van der Waals surface area contributed by atoms with Crippen molar-refractivity contribution >= 4 is 117 Å². The minimum Gasteiger partial charge on any atom is -0.278 e. The van der Waals surface area contributed by atoms with E-state index >= 15 is 0 Å². The van der Waals surface area contributed by atoms with E-state index in [0.717, 1.165) is 55.2 Å². The van der Waals surface area contributed by atoms with E-state index < -0.39 is 0 Å². The Kier molecular flexibility index (Phi) is 11.3. The molecule has 4 nitrogen and oxygen atoms in total. The maximum absolute atomic E-state index is 5.44. The second-order valence-electron chi connectivity index (χ2n) is 22.6. The quantitative estimate of drug-likeness (QED) is 0.142. The number of benzene rings is 14. The number of hydrogen-bond acceptors (Lipinski definition) is 5. The van der Waals surface area contributed by atoms with E-state index in [1.807, 2.05) is 40.9 Å². The van der Waals surface area contributed by atoms with E-state index in [1.54, 1.807) is 0 Å². The Bertz CT molecular complexity index is 5820. The Labute approximate surface area is 508 Å². The van der Waals surface area contributed by atoms with Crippen LogP contribution in [0, 0.1) is 0 Å². The Hall–Kier alpha value is -10.9. The fraction of sp³-hybridized carbons (Fsp3) is 0. The molecule has 0 radical (unpaired) electrons. The Balaban J connectivity index is 0.719. The molecule has 0 atom stereocenters. The minimum absolute atomic E-state index is 0.560. The van der Waals surface area contributed by atoms with Gasteiger partial charge < -0.3 is 0 Å². The number of hydrogen-bond donors (Lipinski definition) is 0. The van der Waals surface area contributed by atoms with Crippen molar-refractivity contribution in [1.29, 1.82) is 0 Å². The molecule has 0 N–H and O–H groups in total. The van der Waals surface area contributed by atoms with Crippen LogP contribution in [0.15, 0.2) is 291 Å². The van der Waals surface area contributed by atoms with Gasteiger partial charge in [0.1, 0.15) is 0 Å². The molecule has 0 bridgehead atoms. The molecule has 0 aliphatic rings. The van der Waals surface area contributed by atoms with E-state index in [4.69, 9.17) is 15.0 Å². The number of nitrogens with zero attached hydrogens (tertiary/aromatic N) is 4. The molecule has 0 spiro atoms. The third kappa shape index (κ3) is 8.14. The maximum Gasteiger partial charge on any atom is 0.238 e. The second-order valence-corrected chi connectivity index (χ2v) is 24.7. The fourth-order valence-corrected chi connectivity index (χ4v) is 16.0. The summed E-state index contributed by atoms with van der Waals surface area (Å²) < 4.78 is 7.37. The molecular weight excluding hydrogens is 1090 g/mol. The highest BCUT2D eigenvalue weighted by molar-refractivity contribution is 7.26. The molecule has 0 saturated carbocycles. The van der Waals surface area contributed by atoms with Gasteiger partial charge in [-0.15, -0.1) is 22.7 Å². The van der Waals surface area contributed by atoms with Crippen LogP contribution in [-0.2, 0) is 0 Å². The van der Waals surface area contributed by atoms with Gasteiger partial charge in [0, 0.05) is 62.2 Å². The molecule has 0 fully saturated rings. The number of rotatable bonds is 8. The Morgan fingerprint density at radius 2 is 0.621 bits per heavy atom. The molecule has 0 amide bonds. The van der Waals surface area contributed by atoms with E-state index in [-0.39, 0.29) is 0 Å². The zero-order chi connectivity index (χ0) is 57.1. The number of aromatic nitrogens is 4. The van der Waals surface area contributed by atoms with Gasteiger partial charge in [-0.3, -0.25) is 4.57 Å². The lowest BCUT2D eigenvalue weighted by Crippen LogP contribution is -2.06. The van der Waals surface area contributed by atoms with Crippen LogP contribution in [0.3, 0.4) is 0 Å². The molecule has 6 heteroatoms. The van der Waals surface area contributed by atoms with Gasteiger partial charge in [-0.05, 0) is 143 Å². The van der Waals surface area contributed by atoms with Crippen LogP contribution in [0.1, 0.15) is 0 Å². The molecule has 0 unspecified atom stereocenters. The summed E-state index contributed by atoms with van der Waals surface area (Å²) in [4.78, 5) is 16.0. The van der Waals surface area contributed by atoms with Gasteiger partial charge in [0.05, 0.1) is 11.0 Å². The lowest BCUT2D eigenvalue weighted by atomic mass is 9.91. The molecule has 0 aliphatic carbocycles. The fourth-order valence-electron chi connectivity index (χ4n) is 13.5. The van der Waals surface area contributed by atoms with Crippen molar-refractivity contribution in [1.82, 2.24) is 19.5 Å². The van der Waals surface area contributed by atoms with Crippen LogP contribution in [-0.4, -0.2) is 19.5 Å². The van der Waals surface area contributed by atoms with Gasteiger partial charge in [0.2, 0.25) is 5.95 Å². The average Bonchev–Trinajstić information content (AvgIpc) is 4.15. The lowest BCUT2D eigenvalue weighted by Gasteiger charge is -2.13. The minimum atomic E-state index is 0.560.